The number of hydrogen-bond acceptors (Lipinski definition) is 4. The number of carbonyl (C=O) groups is 1. The van der Waals surface area contributed by atoms with E-state index in [1.807, 2.05) is 30.7 Å². The molecule has 1 aromatic rings. The van der Waals surface area contributed by atoms with E-state index < -0.39 is 5.41 Å². The third-order valence-electron chi connectivity index (χ3n) is 4.73. The van der Waals surface area contributed by atoms with Crippen LogP contribution < -0.4 is 5.73 Å². The molecule has 120 valence electrons. The fraction of sp³-hybridized carbons (Fsp3) is 0.588. The Morgan fingerprint density at radius 2 is 2.45 bits per heavy atom. The van der Waals surface area contributed by atoms with Crippen LogP contribution in [0.4, 0.5) is 0 Å². The quantitative estimate of drug-likeness (QED) is 0.478. The molecule has 1 aliphatic carbocycles. The molecule has 2 rings (SSSR count). The van der Waals surface area contributed by atoms with Gasteiger partial charge >= 0.3 is 0 Å². The number of aldehydes is 1. The minimum atomic E-state index is -0.408. The fourth-order valence-corrected chi connectivity index (χ4v) is 2.98. The number of nitrogens with two attached hydrogens (primary N) is 1. The van der Waals surface area contributed by atoms with Crippen LogP contribution >= 0.6 is 0 Å². The molecular weight excluding hydrogens is 276 g/mol. The molecular formula is C17H26N4O. The van der Waals surface area contributed by atoms with E-state index in [9.17, 15) is 4.79 Å². The number of imidazole rings is 1. The van der Waals surface area contributed by atoms with Gasteiger partial charge in [-0.1, -0.05) is 19.4 Å². The van der Waals surface area contributed by atoms with Crippen molar-refractivity contribution in [1.82, 2.24) is 9.55 Å². The molecule has 22 heavy (non-hydrogen) atoms. The first-order valence-corrected chi connectivity index (χ1v) is 7.98. The lowest BCUT2D eigenvalue weighted by Crippen LogP contribution is -2.18. The second kappa shape index (κ2) is 7.01. The molecule has 5 heteroatoms. The van der Waals surface area contributed by atoms with Crippen molar-refractivity contribution in [2.24, 2.45) is 22.6 Å². The van der Waals surface area contributed by atoms with Gasteiger partial charge in [-0.2, -0.15) is 0 Å². The maximum Gasteiger partial charge on any atom is 0.132 e. The van der Waals surface area contributed by atoms with Crippen LogP contribution in [0.5, 0.6) is 0 Å². The van der Waals surface area contributed by atoms with Gasteiger partial charge in [0.25, 0.3) is 0 Å². The molecule has 1 aliphatic rings. The summed E-state index contributed by atoms with van der Waals surface area (Å²) in [5.41, 5.74) is 6.24. The molecule has 0 bridgehead atoms. The first-order chi connectivity index (χ1) is 10.6. The zero-order valence-corrected chi connectivity index (χ0v) is 13.7. The third kappa shape index (κ3) is 3.19. The van der Waals surface area contributed by atoms with Crippen LogP contribution in [0, 0.1) is 11.8 Å². The maximum atomic E-state index is 11.7. The van der Waals surface area contributed by atoms with Crippen molar-refractivity contribution < 1.29 is 4.79 Å². The summed E-state index contributed by atoms with van der Waals surface area (Å²) in [5, 5.41) is 0. The highest BCUT2D eigenvalue weighted by Crippen LogP contribution is 2.55. The van der Waals surface area contributed by atoms with Crippen molar-refractivity contribution in [3.8, 4) is 0 Å². The van der Waals surface area contributed by atoms with Crippen LogP contribution in [-0.2, 0) is 10.2 Å². The highest BCUT2D eigenvalue weighted by atomic mass is 16.1. The van der Waals surface area contributed by atoms with Crippen LogP contribution in [0.1, 0.15) is 45.7 Å². The van der Waals surface area contributed by atoms with Crippen molar-refractivity contribution in [1.29, 1.82) is 0 Å². The largest absolute Gasteiger partial charge is 0.330 e. The highest BCUT2D eigenvalue weighted by Gasteiger charge is 2.57. The predicted octanol–water partition coefficient (Wildman–Crippen LogP) is 2.51. The van der Waals surface area contributed by atoms with Gasteiger partial charge in [0.1, 0.15) is 18.4 Å². The Kier molecular flexibility index (Phi) is 5.29. The van der Waals surface area contributed by atoms with Gasteiger partial charge in [0.05, 0.1) is 11.1 Å². The standard InChI is InChI=1S/C17H26N4O/c1-4-6-19-13(3)21-10-16(20-12-21)17(11-22)8-15(17)7-14(5-2)9-18/h4,6,10-12,14-15H,5,7-9,18H2,1-3H3/b6-4-,19-13?/t14-,15?,17?/m1/s1. The zero-order chi connectivity index (χ0) is 16.2. The summed E-state index contributed by atoms with van der Waals surface area (Å²) in [6.07, 6.45) is 11.3. The first kappa shape index (κ1) is 16.6. The van der Waals surface area contributed by atoms with E-state index in [1.54, 1.807) is 12.5 Å². The van der Waals surface area contributed by atoms with Gasteiger partial charge in [-0.3, -0.25) is 4.57 Å². The summed E-state index contributed by atoms with van der Waals surface area (Å²) >= 11 is 0. The molecule has 5 nitrogen and oxygen atoms in total. The highest BCUT2D eigenvalue weighted by molar-refractivity contribution is 5.83. The summed E-state index contributed by atoms with van der Waals surface area (Å²) in [6.45, 7) is 6.68. The van der Waals surface area contributed by atoms with Gasteiger partial charge in [-0.15, -0.1) is 0 Å². The number of aliphatic imine (C=N–C) groups is 1. The lowest BCUT2D eigenvalue weighted by atomic mass is 9.93. The minimum absolute atomic E-state index is 0.370. The van der Waals surface area contributed by atoms with Crippen molar-refractivity contribution in [3.05, 3.63) is 30.5 Å². The van der Waals surface area contributed by atoms with Gasteiger partial charge in [0.15, 0.2) is 0 Å². The normalized spacial score (nSPS) is 26.4. The zero-order valence-electron chi connectivity index (χ0n) is 13.7. The number of hydrogen-bond donors (Lipinski definition) is 1. The van der Waals surface area contributed by atoms with E-state index >= 15 is 0 Å². The molecule has 0 spiro atoms. The van der Waals surface area contributed by atoms with Gasteiger partial charge in [0.2, 0.25) is 0 Å². The monoisotopic (exact) mass is 302 g/mol. The Hall–Kier alpha value is -1.75. The lowest BCUT2D eigenvalue weighted by Gasteiger charge is -2.13. The Morgan fingerprint density at radius 1 is 1.68 bits per heavy atom. The molecule has 2 N–H and O–H groups in total. The minimum Gasteiger partial charge on any atom is -0.330 e. The van der Waals surface area contributed by atoms with Crippen LogP contribution in [0.25, 0.3) is 0 Å². The number of nitrogens with zero attached hydrogens (tertiary/aromatic N) is 3. The summed E-state index contributed by atoms with van der Waals surface area (Å²) in [5.74, 6) is 1.70. The molecule has 0 aromatic carbocycles. The van der Waals surface area contributed by atoms with Crippen molar-refractivity contribution in [3.63, 3.8) is 0 Å². The Balaban J connectivity index is 2.14. The molecule has 0 radical (unpaired) electrons. The van der Waals surface area contributed by atoms with E-state index in [2.05, 4.69) is 16.9 Å². The van der Waals surface area contributed by atoms with Crippen molar-refractivity contribution in [2.45, 2.75) is 45.4 Å². The average molecular weight is 302 g/mol. The van der Waals surface area contributed by atoms with Crippen LogP contribution in [-0.4, -0.2) is 28.2 Å². The SMILES string of the molecule is C/C=C\N=C(C)n1cnc(C2(C=O)CC2C[C@@H](CC)CN)c1. The van der Waals surface area contributed by atoms with E-state index in [0.29, 0.717) is 18.4 Å². The van der Waals surface area contributed by atoms with Gasteiger partial charge in [-0.25, -0.2) is 9.98 Å². The molecule has 0 amide bonds. The van der Waals surface area contributed by atoms with Gasteiger partial charge in [0, 0.05) is 12.4 Å². The average Bonchev–Trinajstić information content (AvgIpc) is 3.02. The number of rotatable bonds is 7. The molecule has 1 aromatic heterocycles. The number of allylic oxidation sites excluding steroid dienone is 1. The van der Waals surface area contributed by atoms with E-state index in [0.717, 1.165) is 37.1 Å². The molecule has 0 aliphatic heterocycles. The molecule has 1 saturated carbocycles. The lowest BCUT2D eigenvalue weighted by molar-refractivity contribution is -0.110. The Morgan fingerprint density at radius 3 is 3.05 bits per heavy atom. The van der Waals surface area contributed by atoms with E-state index in [1.165, 1.54) is 0 Å². The topological polar surface area (TPSA) is 73.3 Å². The molecule has 2 unspecified atom stereocenters. The Bertz CT molecular complexity index is 571. The smallest absolute Gasteiger partial charge is 0.132 e. The summed E-state index contributed by atoms with van der Waals surface area (Å²) in [4.78, 5) is 20.4. The van der Waals surface area contributed by atoms with E-state index in [4.69, 9.17) is 5.73 Å². The number of carbonyl (C=O) groups excluding carboxylic acids is 1. The van der Waals surface area contributed by atoms with E-state index in [-0.39, 0.29) is 0 Å². The predicted molar refractivity (Wildman–Crippen MR) is 88.8 cm³/mol. The molecule has 3 atom stereocenters. The summed E-state index contributed by atoms with van der Waals surface area (Å²) < 4.78 is 1.87. The third-order valence-corrected chi connectivity index (χ3v) is 4.73. The van der Waals surface area contributed by atoms with Crippen LogP contribution in [0.15, 0.2) is 29.8 Å². The first-order valence-electron chi connectivity index (χ1n) is 7.98. The summed E-state index contributed by atoms with van der Waals surface area (Å²) in [6, 6.07) is 0. The molecule has 1 fully saturated rings. The Labute approximate surface area is 132 Å². The molecule has 0 saturated heterocycles. The summed E-state index contributed by atoms with van der Waals surface area (Å²) in [7, 11) is 0. The van der Waals surface area contributed by atoms with Crippen molar-refractivity contribution in [2.75, 3.05) is 6.54 Å². The maximum absolute atomic E-state index is 11.7. The molecule has 1 heterocycles. The fourth-order valence-electron chi connectivity index (χ4n) is 2.98. The van der Waals surface area contributed by atoms with Crippen LogP contribution in [0.3, 0.4) is 0 Å². The van der Waals surface area contributed by atoms with Crippen molar-refractivity contribution >= 4 is 12.1 Å². The number of aromatic nitrogens is 2. The second-order valence-corrected chi connectivity index (χ2v) is 6.13. The van der Waals surface area contributed by atoms with Crippen LogP contribution in [0.2, 0.25) is 0 Å². The van der Waals surface area contributed by atoms with Gasteiger partial charge < -0.3 is 10.5 Å². The van der Waals surface area contributed by atoms with Gasteiger partial charge in [-0.05, 0) is 45.1 Å². The second-order valence-electron chi connectivity index (χ2n) is 6.13.